The molecular weight excluding hydrogens is 460 g/mol. The van der Waals surface area contributed by atoms with Crippen molar-refractivity contribution in [3.63, 3.8) is 0 Å². The van der Waals surface area contributed by atoms with Gasteiger partial charge in [-0.1, -0.05) is 25.1 Å². The molecule has 182 valence electrons. The molecule has 0 unspecified atom stereocenters. The molecule has 0 aliphatic rings. The molecule has 11 heteroatoms. The molecule has 0 bridgehead atoms. The van der Waals surface area contributed by atoms with Gasteiger partial charge in [-0.15, -0.1) is 0 Å². The van der Waals surface area contributed by atoms with Crippen molar-refractivity contribution in [3.8, 4) is 0 Å². The molecular formula is C23H28N4O6S. The minimum Gasteiger partial charge on any atom is -0.444 e. The Morgan fingerprint density at radius 2 is 1.62 bits per heavy atom. The molecule has 0 heterocycles. The van der Waals surface area contributed by atoms with E-state index in [1.54, 1.807) is 45.9 Å². The standard InChI is InChI=1S/C23H28N4O6S/c1-6-20(29)26-21(27-22(30)33-23(3,4)5)25-18-13-12-17(14-19(18)24-15(2)28)34(31,32)16-10-8-7-9-11-16/h7-14H,6H2,1-5H3,(H,24,28)(H2,25,26,27,29,30). The van der Waals surface area contributed by atoms with Crippen LogP contribution >= 0.6 is 0 Å². The molecule has 0 aliphatic heterocycles. The molecule has 0 spiro atoms. The van der Waals surface area contributed by atoms with E-state index in [4.69, 9.17) is 4.74 Å². The van der Waals surface area contributed by atoms with Crippen LogP contribution in [0.4, 0.5) is 16.2 Å². The average molecular weight is 489 g/mol. The summed E-state index contributed by atoms with van der Waals surface area (Å²) in [5.74, 6) is -1.14. The number of hydrogen-bond acceptors (Lipinski definition) is 7. The minimum absolute atomic E-state index is 0.0683. The molecule has 2 aromatic rings. The van der Waals surface area contributed by atoms with E-state index in [1.807, 2.05) is 0 Å². The Morgan fingerprint density at radius 3 is 2.18 bits per heavy atom. The first-order valence-electron chi connectivity index (χ1n) is 10.4. The van der Waals surface area contributed by atoms with Crippen LogP contribution in [0.5, 0.6) is 0 Å². The van der Waals surface area contributed by atoms with Crippen LogP contribution in [-0.2, 0) is 24.2 Å². The topological polar surface area (TPSA) is 143 Å². The van der Waals surface area contributed by atoms with Crippen molar-refractivity contribution in [3.05, 3.63) is 48.5 Å². The van der Waals surface area contributed by atoms with Gasteiger partial charge in [0.15, 0.2) is 0 Å². The van der Waals surface area contributed by atoms with Crippen LogP contribution in [0, 0.1) is 0 Å². The number of nitrogens with zero attached hydrogens (tertiary/aromatic N) is 1. The molecule has 0 aliphatic carbocycles. The van der Waals surface area contributed by atoms with E-state index in [0.29, 0.717) is 0 Å². The van der Waals surface area contributed by atoms with Crippen LogP contribution in [0.15, 0.2) is 63.3 Å². The van der Waals surface area contributed by atoms with Gasteiger partial charge in [-0.05, 0) is 51.1 Å². The van der Waals surface area contributed by atoms with E-state index >= 15 is 0 Å². The summed E-state index contributed by atoms with van der Waals surface area (Å²) in [5, 5.41) is 7.35. The number of benzene rings is 2. The number of amides is 3. The third-order valence-electron chi connectivity index (χ3n) is 4.07. The quantitative estimate of drug-likeness (QED) is 0.434. The highest BCUT2D eigenvalue weighted by molar-refractivity contribution is 7.91. The van der Waals surface area contributed by atoms with Gasteiger partial charge in [0.1, 0.15) is 5.60 Å². The number of anilines is 1. The molecule has 0 atom stereocenters. The second-order valence-corrected chi connectivity index (χ2v) is 10.1. The van der Waals surface area contributed by atoms with Gasteiger partial charge < -0.3 is 10.1 Å². The van der Waals surface area contributed by atoms with Crippen molar-refractivity contribution in [1.82, 2.24) is 10.6 Å². The SMILES string of the molecule is CCC(=O)NC(=Nc1ccc(S(=O)(=O)c2ccccc2)cc1NC(C)=O)NC(=O)OC(C)(C)C. The number of carbonyl (C=O) groups is 3. The van der Waals surface area contributed by atoms with E-state index in [1.165, 1.54) is 37.3 Å². The number of sulfone groups is 1. The largest absolute Gasteiger partial charge is 0.444 e. The van der Waals surface area contributed by atoms with Crippen molar-refractivity contribution < 1.29 is 27.5 Å². The second-order valence-electron chi connectivity index (χ2n) is 8.17. The van der Waals surface area contributed by atoms with Crippen molar-refractivity contribution in [1.29, 1.82) is 0 Å². The molecule has 0 radical (unpaired) electrons. The Labute approximate surface area is 198 Å². The van der Waals surface area contributed by atoms with Gasteiger partial charge in [-0.2, -0.15) is 0 Å². The highest BCUT2D eigenvalue weighted by Crippen LogP contribution is 2.31. The summed E-state index contributed by atoms with van der Waals surface area (Å²) in [6.45, 7) is 7.90. The van der Waals surface area contributed by atoms with Crippen molar-refractivity contribution in [2.24, 2.45) is 4.99 Å². The number of hydrogen-bond donors (Lipinski definition) is 3. The maximum atomic E-state index is 13.0. The van der Waals surface area contributed by atoms with Gasteiger partial charge in [0.2, 0.25) is 27.6 Å². The first-order chi connectivity index (χ1) is 15.8. The smallest absolute Gasteiger partial charge is 0.414 e. The lowest BCUT2D eigenvalue weighted by Gasteiger charge is -2.20. The maximum Gasteiger partial charge on any atom is 0.414 e. The van der Waals surface area contributed by atoms with Gasteiger partial charge in [0.05, 0.1) is 21.2 Å². The number of rotatable bonds is 5. The average Bonchev–Trinajstić information content (AvgIpc) is 2.73. The lowest BCUT2D eigenvalue weighted by Crippen LogP contribution is -2.45. The molecule has 3 N–H and O–H groups in total. The first kappa shape index (κ1) is 26.5. The Morgan fingerprint density at radius 1 is 0.971 bits per heavy atom. The Kier molecular flexibility index (Phi) is 8.52. The summed E-state index contributed by atoms with van der Waals surface area (Å²) in [4.78, 5) is 40.2. The fourth-order valence-electron chi connectivity index (χ4n) is 2.63. The van der Waals surface area contributed by atoms with E-state index in [9.17, 15) is 22.8 Å². The van der Waals surface area contributed by atoms with Gasteiger partial charge in [0.25, 0.3) is 0 Å². The minimum atomic E-state index is -3.86. The number of alkyl carbamates (subject to hydrolysis) is 1. The van der Waals surface area contributed by atoms with Crippen molar-refractivity contribution >= 4 is 45.1 Å². The summed E-state index contributed by atoms with van der Waals surface area (Å²) < 4.78 is 31.2. The molecule has 2 aromatic carbocycles. The normalized spacial score (nSPS) is 12.0. The molecule has 3 amide bonds. The molecule has 0 saturated heterocycles. The van der Waals surface area contributed by atoms with Gasteiger partial charge in [0, 0.05) is 13.3 Å². The Balaban J connectivity index is 2.53. The highest BCUT2D eigenvalue weighted by Gasteiger charge is 2.21. The highest BCUT2D eigenvalue weighted by atomic mass is 32.2. The van der Waals surface area contributed by atoms with Gasteiger partial charge >= 0.3 is 6.09 Å². The van der Waals surface area contributed by atoms with Crippen molar-refractivity contribution in [2.75, 3.05) is 5.32 Å². The predicted molar refractivity (Wildman–Crippen MR) is 128 cm³/mol. The third kappa shape index (κ3) is 7.69. The first-order valence-corrected chi connectivity index (χ1v) is 11.9. The lowest BCUT2D eigenvalue weighted by atomic mass is 10.2. The molecule has 0 saturated carbocycles. The Bertz CT molecular complexity index is 1200. The zero-order valence-corrected chi connectivity index (χ0v) is 20.4. The number of ether oxygens (including phenoxy) is 1. The second kappa shape index (κ2) is 10.9. The molecule has 2 rings (SSSR count). The molecule has 0 aromatic heterocycles. The third-order valence-corrected chi connectivity index (χ3v) is 5.84. The van der Waals surface area contributed by atoms with E-state index in [2.05, 4.69) is 20.9 Å². The zero-order valence-electron chi connectivity index (χ0n) is 19.6. The van der Waals surface area contributed by atoms with Crippen LogP contribution in [0.3, 0.4) is 0 Å². The van der Waals surface area contributed by atoms with Crippen LogP contribution < -0.4 is 16.0 Å². The number of carbonyl (C=O) groups excluding carboxylic acids is 3. The summed E-state index contributed by atoms with van der Waals surface area (Å²) in [6, 6.07) is 11.8. The fourth-order valence-corrected chi connectivity index (χ4v) is 3.94. The Hall–Kier alpha value is -3.73. The fraction of sp³-hybridized carbons (Fsp3) is 0.304. The predicted octanol–water partition coefficient (Wildman–Crippen LogP) is 3.52. The molecule has 10 nitrogen and oxygen atoms in total. The van der Waals surface area contributed by atoms with Crippen LogP contribution in [0.2, 0.25) is 0 Å². The lowest BCUT2D eigenvalue weighted by molar-refractivity contribution is -0.119. The van der Waals surface area contributed by atoms with E-state index in [0.717, 1.165) is 0 Å². The monoisotopic (exact) mass is 488 g/mol. The van der Waals surface area contributed by atoms with E-state index in [-0.39, 0.29) is 33.5 Å². The summed E-state index contributed by atoms with van der Waals surface area (Å²) >= 11 is 0. The summed E-state index contributed by atoms with van der Waals surface area (Å²) in [7, 11) is -3.86. The van der Waals surface area contributed by atoms with Gasteiger partial charge in [-0.25, -0.2) is 18.2 Å². The van der Waals surface area contributed by atoms with Crippen molar-refractivity contribution in [2.45, 2.75) is 56.4 Å². The van der Waals surface area contributed by atoms with Crippen LogP contribution in [0.1, 0.15) is 41.0 Å². The van der Waals surface area contributed by atoms with Gasteiger partial charge in [-0.3, -0.25) is 20.2 Å². The number of nitrogens with one attached hydrogen (secondary N) is 3. The number of guanidine groups is 1. The zero-order chi connectivity index (χ0) is 25.5. The molecule has 34 heavy (non-hydrogen) atoms. The van der Waals surface area contributed by atoms with Crippen LogP contribution in [0.25, 0.3) is 0 Å². The molecule has 0 fully saturated rings. The maximum absolute atomic E-state index is 13.0. The van der Waals surface area contributed by atoms with E-state index < -0.39 is 33.3 Å². The summed E-state index contributed by atoms with van der Waals surface area (Å²) in [5.41, 5.74) is -0.623. The number of aliphatic imine (C=N–C) groups is 1. The van der Waals surface area contributed by atoms with Crippen LogP contribution in [-0.4, -0.2) is 37.9 Å². The summed E-state index contributed by atoms with van der Waals surface area (Å²) in [6.07, 6.45) is -0.742.